The highest BCUT2D eigenvalue weighted by Gasteiger charge is 2.20. The molecule has 0 atom stereocenters. The highest BCUT2D eigenvalue weighted by atomic mass is 15.1. The van der Waals surface area contributed by atoms with Crippen LogP contribution in [0.4, 0.5) is 0 Å². The second kappa shape index (κ2) is 6.77. The zero-order chi connectivity index (χ0) is 12.7. The van der Waals surface area contributed by atoms with E-state index in [1.807, 2.05) is 7.05 Å². The average Bonchev–Trinajstić information content (AvgIpc) is 2.29. The molecule has 0 aliphatic rings. The van der Waals surface area contributed by atoms with Crippen LogP contribution in [0.2, 0.25) is 0 Å². The van der Waals surface area contributed by atoms with Crippen molar-refractivity contribution in [3.05, 3.63) is 35.9 Å². The van der Waals surface area contributed by atoms with Crippen LogP contribution in [0, 0.1) is 5.41 Å². The molecule has 2 heteroatoms. The van der Waals surface area contributed by atoms with Gasteiger partial charge in [-0.25, -0.2) is 0 Å². The predicted octanol–water partition coefficient (Wildman–Crippen LogP) is 2.75. The second-order valence-electron chi connectivity index (χ2n) is 5.48. The summed E-state index contributed by atoms with van der Waals surface area (Å²) in [6.45, 7) is 11.2. The van der Waals surface area contributed by atoms with Crippen molar-refractivity contribution in [3.8, 4) is 0 Å². The van der Waals surface area contributed by atoms with Gasteiger partial charge in [0.1, 0.15) is 0 Å². The zero-order valence-corrected chi connectivity index (χ0v) is 11.7. The summed E-state index contributed by atoms with van der Waals surface area (Å²) in [5.41, 5.74) is 1.72. The minimum atomic E-state index is 0.319. The van der Waals surface area contributed by atoms with Gasteiger partial charge < -0.3 is 5.32 Å². The van der Waals surface area contributed by atoms with Crippen molar-refractivity contribution >= 4 is 0 Å². The van der Waals surface area contributed by atoms with E-state index in [0.29, 0.717) is 5.41 Å². The molecule has 17 heavy (non-hydrogen) atoms. The fraction of sp³-hybridized carbons (Fsp3) is 0.600. The Labute approximate surface area is 106 Å². The van der Waals surface area contributed by atoms with Crippen LogP contribution in [0.15, 0.2) is 30.3 Å². The second-order valence-corrected chi connectivity index (χ2v) is 5.48. The maximum atomic E-state index is 3.27. The standard InChI is InChI=1S/C15H26N2/c1-5-17(13-15(2,3)12-16-4)11-14-9-7-6-8-10-14/h6-10,16H,5,11-13H2,1-4H3. The van der Waals surface area contributed by atoms with Crippen LogP contribution in [-0.4, -0.2) is 31.6 Å². The smallest absolute Gasteiger partial charge is 0.0233 e. The zero-order valence-electron chi connectivity index (χ0n) is 11.7. The molecule has 0 bridgehead atoms. The summed E-state index contributed by atoms with van der Waals surface area (Å²) in [5.74, 6) is 0. The molecule has 0 fully saturated rings. The van der Waals surface area contributed by atoms with Gasteiger partial charge in [-0.2, -0.15) is 0 Å². The van der Waals surface area contributed by atoms with Crippen LogP contribution in [0.3, 0.4) is 0 Å². The number of rotatable bonds is 7. The van der Waals surface area contributed by atoms with E-state index in [1.165, 1.54) is 5.56 Å². The van der Waals surface area contributed by atoms with E-state index < -0.39 is 0 Å². The van der Waals surface area contributed by atoms with Gasteiger partial charge in [-0.05, 0) is 24.6 Å². The fourth-order valence-electron chi connectivity index (χ4n) is 2.26. The van der Waals surface area contributed by atoms with Gasteiger partial charge in [0.05, 0.1) is 0 Å². The topological polar surface area (TPSA) is 15.3 Å². The minimum Gasteiger partial charge on any atom is -0.319 e. The van der Waals surface area contributed by atoms with Crippen molar-refractivity contribution < 1.29 is 0 Å². The lowest BCUT2D eigenvalue weighted by Gasteiger charge is -2.32. The summed E-state index contributed by atoms with van der Waals surface area (Å²) < 4.78 is 0. The molecule has 0 aliphatic carbocycles. The van der Waals surface area contributed by atoms with Crippen molar-refractivity contribution in [3.63, 3.8) is 0 Å². The Balaban J connectivity index is 2.55. The first-order valence-electron chi connectivity index (χ1n) is 6.48. The number of hydrogen-bond acceptors (Lipinski definition) is 2. The molecule has 0 unspecified atom stereocenters. The van der Waals surface area contributed by atoms with Crippen LogP contribution < -0.4 is 5.32 Å². The van der Waals surface area contributed by atoms with E-state index in [2.05, 4.69) is 61.3 Å². The van der Waals surface area contributed by atoms with Gasteiger partial charge in [0, 0.05) is 19.6 Å². The maximum Gasteiger partial charge on any atom is 0.0233 e. The lowest BCUT2D eigenvalue weighted by atomic mass is 9.92. The third-order valence-corrected chi connectivity index (χ3v) is 3.00. The van der Waals surface area contributed by atoms with Gasteiger partial charge in [-0.3, -0.25) is 4.90 Å². The van der Waals surface area contributed by atoms with Crippen LogP contribution in [-0.2, 0) is 6.54 Å². The van der Waals surface area contributed by atoms with Crippen LogP contribution in [0.25, 0.3) is 0 Å². The Bertz CT molecular complexity index is 306. The highest BCUT2D eigenvalue weighted by molar-refractivity contribution is 5.14. The van der Waals surface area contributed by atoms with Crippen LogP contribution >= 0.6 is 0 Å². The minimum absolute atomic E-state index is 0.319. The van der Waals surface area contributed by atoms with Crippen LogP contribution in [0.1, 0.15) is 26.3 Å². The van der Waals surface area contributed by atoms with Gasteiger partial charge in [0.25, 0.3) is 0 Å². The Morgan fingerprint density at radius 3 is 2.35 bits per heavy atom. The Morgan fingerprint density at radius 2 is 1.82 bits per heavy atom. The van der Waals surface area contributed by atoms with Crippen LogP contribution in [0.5, 0.6) is 0 Å². The molecule has 0 saturated carbocycles. The molecule has 1 aromatic rings. The fourth-order valence-corrected chi connectivity index (χ4v) is 2.26. The van der Waals surface area contributed by atoms with Gasteiger partial charge in [-0.15, -0.1) is 0 Å². The van der Waals surface area contributed by atoms with Gasteiger partial charge in [0.15, 0.2) is 0 Å². The summed E-state index contributed by atoms with van der Waals surface area (Å²) in [6.07, 6.45) is 0. The summed E-state index contributed by atoms with van der Waals surface area (Å²) in [7, 11) is 2.02. The molecule has 0 amide bonds. The first-order valence-corrected chi connectivity index (χ1v) is 6.48. The maximum absolute atomic E-state index is 3.27. The van der Waals surface area contributed by atoms with E-state index in [0.717, 1.165) is 26.2 Å². The SMILES string of the molecule is CCN(Cc1ccccc1)CC(C)(C)CNC. The normalized spacial score (nSPS) is 12.1. The molecule has 0 radical (unpaired) electrons. The molecule has 0 aliphatic heterocycles. The van der Waals surface area contributed by atoms with E-state index in [9.17, 15) is 0 Å². The summed E-state index contributed by atoms with van der Waals surface area (Å²) in [5, 5.41) is 3.27. The Kier molecular flexibility index (Phi) is 5.66. The Hall–Kier alpha value is -0.860. The van der Waals surface area contributed by atoms with Crippen molar-refractivity contribution in [2.24, 2.45) is 5.41 Å². The molecule has 0 aromatic heterocycles. The molecule has 2 nitrogen and oxygen atoms in total. The molecular weight excluding hydrogens is 208 g/mol. The lowest BCUT2D eigenvalue weighted by molar-refractivity contribution is 0.177. The first kappa shape index (κ1) is 14.2. The quantitative estimate of drug-likeness (QED) is 0.780. The molecule has 0 spiro atoms. The number of hydrogen-bond donors (Lipinski definition) is 1. The monoisotopic (exact) mass is 234 g/mol. The molecule has 1 N–H and O–H groups in total. The molecule has 0 heterocycles. The van der Waals surface area contributed by atoms with E-state index in [1.54, 1.807) is 0 Å². The molecule has 1 aromatic carbocycles. The molecule has 96 valence electrons. The van der Waals surface area contributed by atoms with Crippen molar-refractivity contribution in [1.82, 2.24) is 10.2 Å². The summed E-state index contributed by atoms with van der Waals surface area (Å²) >= 11 is 0. The summed E-state index contributed by atoms with van der Waals surface area (Å²) in [4.78, 5) is 2.51. The first-order chi connectivity index (χ1) is 8.07. The lowest BCUT2D eigenvalue weighted by Crippen LogP contribution is -2.39. The predicted molar refractivity (Wildman–Crippen MR) is 75.1 cm³/mol. The van der Waals surface area contributed by atoms with E-state index in [4.69, 9.17) is 0 Å². The number of nitrogens with zero attached hydrogens (tertiary/aromatic N) is 1. The third-order valence-electron chi connectivity index (χ3n) is 3.00. The van der Waals surface area contributed by atoms with Gasteiger partial charge in [-0.1, -0.05) is 51.1 Å². The van der Waals surface area contributed by atoms with Crippen molar-refractivity contribution in [1.29, 1.82) is 0 Å². The molecular formula is C15H26N2. The largest absolute Gasteiger partial charge is 0.319 e. The number of benzene rings is 1. The van der Waals surface area contributed by atoms with E-state index >= 15 is 0 Å². The average molecular weight is 234 g/mol. The highest BCUT2D eigenvalue weighted by Crippen LogP contribution is 2.17. The van der Waals surface area contributed by atoms with Gasteiger partial charge in [0.2, 0.25) is 0 Å². The summed E-state index contributed by atoms with van der Waals surface area (Å²) in [6, 6.07) is 10.7. The third kappa shape index (κ3) is 5.33. The molecule has 0 saturated heterocycles. The number of nitrogens with one attached hydrogen (secondary N) is 1. The molecule has 1 rings (SSSR count). The van der Waals surface area contributed by atoms with Crippen molar-refractivity contribution in [2.45, 2.75) is 27.3 Å². The van der Waals surface area contributed by atoms with Crippen molar-refractivity contribution in [2.75, 3.05) is 26.7 Å². The Morgan fingerprint density at radius 1 is 1.18 bits per heavy atom. The van der Waals surface area contributed by atoms with E-state index in [-0.39, 0.29) is 0 Å². The van der Waals surface area contributed by atoms with Gasteiger partial charge >= 0.3 is 0 Å².